The average molecular weight is 338 g/mol. The van der Waals surface area contributed by atoms with Crippen LogP contribution in [0.2, 0.25) is 0 Å². The van der Waals surface area contributed by atoms with Gasteiger partial charge in [0.15, 0.2) is 0 Å². The molecular formula is C16H22N2O4S. The molecule has 3 rings (SSSR count). The van der Waals surface area contributed by atoms with Gasteiger partial charge in [-0.2, -0.15) is 4.31 Å². The summed E-state index contributed by atoms with van der Waals surface area (Å²) < 4.78 is 27.0. The number of rotatable bonds is 3. The molecule has 2 aliphatic heterocycles. The molecular weight excluding hydrogens is 316 g/mol. The van der Waals surface area contributed by atoms with E-state index < -0.39 is 16.1 Å². The second-order valence-electron chi connectivity index (χ2n) is 6.06. The summed E-state index contributed by atoms with van der Waals surface area (Å²) in [6, 6.07) is 5.02. The Balaban J connectivity index is 1.91. The Morgan fingerprint density at radius 2 is 1.91 bits per heavy atom. The molecule has 1 saturated heterocycles. The van der Waals surface area contributed by atoms with E-state index in [1.165, 1.54) is 4.31 Å². The highest BCUT2D eigenvalue weighted by atomic mass is 32.2. The van der Waals surface area contributed by atoms with Gasteiger partial charge in [0.2, 0.25) is 15.9 Å². The number of aliphatic hydroxyl groups is 1. The number of fused-ring (bicyclic) bond motifs is 1. The predicted octanol–water partition coefficient (Wildman–Crippen LogP) is 1.13. The lowest BCUT2D eigenvalue weighted by Gasteiger charge is -2.31. The monoisotopic (exact) mass is 338 g/mol. The lowest BCUT2D eigenvalue weighted by molar-refractivity contribution is -0.118. The highest BCUT2D eigenvalue weighted by molar-refractivity contribution is 7.89. The molecule has 0 saturated carbocycles. The quantitative estimate of drug-likeness (QED) is 0.896. The normalized spacial score (nSPS) is 20.6. The van der Waals surface area contributed by atoms with E-state index in [-0.39, 0.29) is 10.8 Å². The minimum Gasteiger partial charge on any atom is -0.393 e. The highest BCUT2D eigenvalue weighted by Gasteiger charge is 2.30. The van der Waals surface area contributed by atoms with Crippen LogP contribution < -0.4 is 4.90 Å². The fraction of sp³-hybridized carbons (Fsp3) is 0.562. The maximum Gasteiger partial charge on any atom is 0.243 e. The SMILES string of the molecule is CCN1C(=O)CCc2cc(S(=O)(=O)N3CCC(O)CC3)ccc21. The summed E-state index contributed by atoms with van der Waals surface area (Å²) in [4.78, 5) is 13.9. The van der Waals surface area contributed by atoms with Gasteiger partial charge in [0, 0.05) is 31.7 Å². The van der Waals surface area contributed by atoms with E-state index in [1.54, 1.807) is 23.1 Å². The third-order valence-electron chi connectivity index (χ3n) is 4.63. The lowest BCUT2D eigenvalue weighted by Crippen LogP contribution is -2.40. The fourth-order valence-corrected chi connectivity index (χ4v) is 4.80. The van der Waals surface area contributed by atoms with Crippen LogP contribution in [-0.4, -0.2) is 49.5 Å². The van der Waals surface area contributed by atoms with Crippen molar-refractivity contribution in [3.63, 3.8) is 0 Å². The first-order chi connectivity index (χ1) is 10.9. The minimum atomic E-state index is -3.54. The van der Waals surface area contributed by atoms with Crippen molar-refractivity contribution in [3.05, 3.63) is 23.8 Å². The molecule has 0 aliphatic carbocycles. The minimum absolute atomic E-state index is 0.0839. The van der Waals surface area contributed by atoms with Gasteiger partial charge in [-0.15, -0.1) is 0 Å². The van der Waals surface area contributed by atoms with Crippen LogP contribution in [0.15, 0.2) is 23.1 Å². The van der Waals surface area contributed by atoms with Gasteiger partial charge in [0.25, 0.3) is 0 Å². The molecule has 1 aromatic rings. The summed E-state index contributed by atoms with van der Waals surface area (Å²) in [5, 5.41) is 9.54. The lowest BCUT2D eigenvalue weighted by atomic mass is 10.0. The number of carbonyl (C=O) groups is 1. The number of benzene rings is 1. The van der Waals surface area contributed by atoms with Crippen LogP contribution in [-0.2, 0) is 21.2 Å². The van der Waals surface area contributed by atoms with E-state index in [0.717, 1.165) is 11.3 Å². The predicted molar refractivity (Wildman–Crippen MR) is 86.8 cm³/mol. The third kappa shape index (κ3) is 3.00. The molecule has 0 atom stereocenters. The van der Waals surface area contributed by atoms with E-state index in [2.05, 4.69) is 0 Å². The Hall–Kier alpha value is -1.44. The molecule has 1 fully saturated rings. The van der Waals surface area contributed by atoms with Gasteiger partial charge in [-0.25, -0.2) is 8.42 Å². The Labute approximate surface area is 136 Å². The van der Waals surface area contributed by atoms with E-state index in [0.29, 0.717) is 45.3 Å². The molecule has 2 aliphatic rings. The number of aryl methyl sites for hydroxylation is 1. The number of hydrogen-bond donors (Lipinski definition) is 1. The van der Waals surface area contributed by atoms with E-state index >= 15 is 0 Å². The third-order valence-corrected chi connectivity index (χ3v) is 6.52. The number of hydrogen-bond acceptors (Lipinski definition) is 4. The smallest absolute Gasteiger partial charge is 0.243 e. The Bertz CT molecular complexity index is 709. The van der Waals surface area contributed by atoms with Crippen molar-refractivity contribution in [3.8, 4) is 0 Å². The van der Waals surface area contributed by atoms with Crippen LogP contribution in [0.3, 0.4) is 0 Å². The number of carbonyl (C=O) groups excluding carboxylic acids is 1. The summed E-state index contributed by atoms with van der Waals surface area (Å²) in [6.07, 6.45) is 1.53. The molecule has 1 N–H and O–H groups in total. The molecule has 1 aromatic carbocycles. The maximum atomic E-state index is 12.8. The van der Waals surface area contributed by atoms with Crippen molar-refractivity contribution in [2.45, 2.75) is 43.6 Å². The van der Waals surface area contributed by atoms with Crippen LogP contribution in [0.4, 0.5) is 5.69 Å². The standard InChI is InChI=1S/C16H22N2O4S/c1-2-18-15-5-4-14(11-12(15)3-6-16(18)20)23(21,22)17-9-7-13(19)8-10-17/h4-5,11,13,19H,2-3,6-10H2,1H3. The van der Waals surface area contributed by atoms with Crippen LogP contribution in [0.25, 0.3) is 0 Å². The Kier molecular flexibility index (Phi) is 4.44. The molecule has 0 radical (unpaired) electrons. The molecule has 126 valence electrons. The van der Waals surface area contributed by atoms with E-state index in [9.17, 15) is 18.3 Å². The number of piperidine rings is 1. The zero-order valence-electron chi connectivity index (χ0n) is 13.2. The number of sulfonamides is 1. The largest absolute Gasteiger partial charge is 0.393 e. The first kappa shape index (κ1) is 16.4. The van der Waals surface area contributed by atoms with Crippen molar-refractivity contribution < 1.29 is 18.3 Å². The Morgan fingerprint density at radius 1 is 1.22 bits per heavy atom. The molecule has 2 heterocycles. The van der Waals surface area contributed by atoms with Crippen molar-refractivity contribution in [1.29, 1.82) is 0 Å². The molecule has 0 unspecified atom stereocenters. The van der Waals surface area contributed by atoms with E-state index in [1.807, 2.05) is 6.92 Å². The number of aliphatic hydroxyl groups excluding tert-OH is 1. The van der Waals surface area contributed by atoms with Crippen molar-refractivity contribution in [1.82, 2.24) is 4.31 Å². The molecule has 0 aromatic heterocycles. The van der Waals surface area contributed by atoms with Gasteiger partial charge in [-0.1, -0.05) is 0 Å². The number of anilines is 1. The molecule has 7 heteroatoms. The number of amides is 1. The van der Waals surface area contributed by atoms with Crippen molar-refractivity contribution in [2.24, 2.45) is 0 Å². The molecule has 1 amide bonds. The van der Waals surface area contributed by atoms with Crippen LogP contribution in [0.1, 0.15) is 31.7 Å². The summed E-state index contributed by atoms with van der Waals surface area (Å²) in [5.74, 6) is 0.0839. The molecule has 0 spiro atoms. The first-order valence-electron chi connectivity index (χ1n) is 8.05. The maximum absolute atomic E-state index is 12.8. The summed E-state index contributed by atoms with van der Waals surface area (Å²) in [7, 11) is -3.54. The first-order valence-corrected chi connectivity index (χ1v) is 9.49. The Morgan fingerprint density at radius 3 is 2.57 bits per heavy atom. The van der Waals surface area contributed by atoms with Gasteiger partial charge in [0.05, 0.1) is 11.0 Å². The van der Waals surface area contributed by atoms with Crippen LogP contribution in [0.5, 0.6) is 0 Å². The fourth-order valence-electron chi connectivity index (χ4n) is 3.28. The second kappa shape index (κ2) is 6.22. The summed E-state index contributed by atoms with van der Waals surface area (Å²) >= 11 is 0. The molecule has 0 bridgehead atoms. The van der Waals surface area contributed by atoms with Crippen molar-refractivity contribution in [2.75, 3.05) is 24.5 Å². The van der Waals surface area contributed by atoms with Gasteiger partial charge in [-0.05, 0) is 49.9 Å². The van der Waals surface area contributed by atoms with Crippen LogP contribution >= 0.6 is 0 Å². The van der Waals surface area contributed by atoms with E-state index in [4.69, 9.17) is 0 Å². The van der Waals surface area contributed by atoms with Gasteiger partial charge in [0.1, 0.15) is 0 Å². The summed E-state index contributed by atoms with van der Waals surface area (Å²) in [6.45, 7) is 3.19. The zero-order chi connectivity index (χ0) is 16.6. The van der Waals surface area contributed by atoms with Gasteiger partial charge in [-0.3, -0.25) is 4.79 Å². The zero-order valence-corrected chi connectivity index (χ0v) is 14.1. The summed E-state index contributed by atoms with van der Waals surface area (Å²) in [5.41, 5.74) is 1.72. The molecule has 6 nitrogen and oxygen atoms in total. The van der Waals surface area contributed by atoms with Crippen molar-refractivity contribution >= 4 is 21.6 Å². The molecule has 23 heavy (non-hydrogen) atoms. The highest BCUT2D eigenvalue weighted by Crippen LogP contribution is 2.31. The van der Waals surface area contributed by atoms with Gasteiger partial charge >= 0.3 is 0 Å². The van der Waals surface area contributed by atoms with Crippen LogP contribution in [0, 0.1) is 0 Å². The number of nitrogens with zero attached hydrogens (tertiary/aromatic N) is 2. The van der Waals surface area contributed by atoms with Gasteiger partial charge < -0.3 is 10.0 Å². The second-order valence-corrected chi connectivity index (χ2v) is 8.00. The average Bonchev–Trinajstić information content (AvgIpc) is 2.54. The topological polar surface area (TPSA) is 77.9 Å².